The zero-order chi connectivity index (χ0) is 15.6. The van der Waals surface area contributed by atoms with Crippen molar-refractivity contribution >= 4 is 17.2 Å². The molecule has 2 aromatic heterocycles. The molecule has 5 nitrogen and oxygen atoms in total. The summed E-state index contributed by atoms with van der Waals surface area (Å²) in [6.07, 6.45) is 11.7. The van der Waals surface area contributed by atoms with Crippen LogP contribution >= 0.6 is 11.3 Å². The van der Waals surface area contributed by atoms with E-state index in [0.29, 0.717) is 28.6 Å². The van der Waals surface area contributed by atoms with Crippen LogP contribution in [0.3, 0.4) is 0 Å². The summed E-state index contributed by atoms with van der Waals surface area (Å²) >= 11 is 1.44. The minimum Gasteiger partial charge on any atom is -0.331 e. The largest absolute Gasteiger partial charge is 0.331 e. The summed E-state index contributed by atoms with van der Waals surface area (Å²) in [5.41, 5.74) is 0.551. The summed E-state index contributed by atoms with van der Waals surface area (Å²) in [6, 6.07) is 2.62. The standard InChI is InChI=1S/C17H20N4OS/c22-17(21(13-7-8-13)12-5-2-1-3-6-12)14-11-23-16(20-14)15-18-9-4-10-19-15/h4,9-13H,1-3,5-8H2. The van der Waals surface area contributed by atoms with Crippen LogP contribution in [-0.2, 0) is 0 Å². The molecule has 0 aliphatic heterocycles. The third-order valence-electron chi connectivity index (χ3n) is 4.62. The number of carbonyl (C=O) groups excluding carboxylic acids is 1. The highest BCUT2D eigenvalue weighted by atomic mass is 32.1. The van der Waals surface area contributed by atoms with Crippen molar-refractivity contribution in [3.05, 3.63) is 29.5 Å². The zero-order valence-corrected chi connectivity index (χ0v) is 13.8. The lowest BCUT2D eigenvalue weighted by Gasteiger charge is -2.34. The number of amides is 1. The van der Waals surface area contributed by atoms with Crippen LogP contribution in [-0.4, -0.2) is 37.8 Å². The topological polar surface area (TPSA) is 59.0 Å². The Balaban J connectivity index is 1.56. The van der Waals surface area contributed by atoms with Crippen molar-refractivity contribution in [2.75, 3.05) is 0 Å². The Labute approximate surface area is 139 Å². The Kier molecular flexibility index (Phi) is 4.08. The lowest BCUT2D eigenvalue weighted by molar-refractivity contribution is 0.0609. The van der Waals surface area contributed by atoms with Gasteiger partial charge in [0.2, 0.25) is 0 Å². The summed E-state index contributed by atoms with van der Waals surface area (Å²) < 4.78 is 0. The predicted octanol–water partition coefficient (Wildman–Crippen LogP) is 3.54. The summed E-state index contributed by atoms with van der Waals surface area (Å²) in [6.45, 7) is 0. The van der Waals surface area contributed by atoms with Gasteiger partial charge in [0.25, 0.3) is 5.91 Å². The molecule has 120 valence electrons. The third kappa shape index (κ3) is 3.13. The van der Waals surface area contributed by atoms with Crippen molar-refractivity contribution in [1.82, 2.24) is 19.9 Å². The number of nitrogens with zero attached hydrogens (tertiary/aromatic N) is 4. The minimum absolute atomic E-state index is 0.0952. The average molecular weight is 328 g/mol. The van der Waals surface area contributed by atoms with E-state index < -0.39 is 0 Å². The highest BCUT2D eigenvalue weighted by Crippen LogP contribution is 2.35. The second-order valence-corrected chi connectivity index (χ2v) is 7.20. The summed E-state index contributed by atoms with van der Waals surface area (Å²) in [7, 11) is 0. The maximum Gasteiger partial charge on any atom is 0.273 e. The Morgan fingerprint density at radius 2 is 1.74 bits per heavy atom. The number of aromatic nitrogens is 3. The summed E-state index contributed by atoms with van der Waals surface area (Å²) in [5, 5.41) is 2.57. The Bertz CT molecular complexity index is 677. The highest BCUT2D eigenvalue weighted by molar-refractivity contribution is 7.13. The van der Waals surface area contributed by atoms with Gasteiger partial charge in [0.1, 0.15) is 5.69 Å². The van der Waals surface area contributed by atoms with Crippen LogP contribution in [0.15, 0.2) is 23.8 Å². The molecule has 2 fully saturated rings. The van der Waals surface area contributed by atoms with E-state index >= 15 is 0 Å². The van der Waals surface area contributed by atoms with Crippen LogP contribution in [0.1, 0.15) is 55.4 Å². The molecule has 6 heteroatoms. The number of thiazole rings is 1. The van der Waals surface area contributed by atoms with E-state index in [9.17, 15) is 4.79 Å². The van der Waals surface area contributed by atoms with E-state index in [1.807, 2.05) is 5.38 Å². The van der Waals surface area contributed by atoms with Crippen molar-refractivity contribution in [3.63, 3.8) is 0 Å². The van der Waals surface area contributed by atoms with Crippen molar-refractivity contribution in [2.24, 2.45) is 0 Å². The van der Waals surface area contributed by atoms with E-state index in [4.69, 9.17) is 0 Å². The first-order valence-corrected chi connectivity index (χ1v) is 9.26. The highest BCUT2D eigenvalue weighted by Gasteiger charge is 2.38. The molecule has 0 bridgehead atoms. The number of hydrogen-bond donors (Lipinski definition) is 0. The molecule has 23 heavy (non-hydrogen) atoms. The van der Waals surface area contributed by atoms with Gasteiger partial charge in [-0.2, -0.15) is 0 Å². The molecular weight excluding hydrogens is 308 g/mol. The lowest BCUT2D eigenvalue weighted by atomic mass is 9.94. The second-order valence-electron chi connectivity index (χ2n) is 6.35. The number of hydrogen-bond acceptors (Lipinski definition) is 5. The monoisotopic (exact) mass is 328 g/mol. The Hall–Kier alpha value is -1.82. The van der Waals surface area contributed by atoms with Gasteiger partial charge in [-0.15, -0.1) is 11.3 Å². The van der Waals surface area contributed by atoms with Gasteiger partial charge in [-0.25, -0.2) is 15.0 Å². The first-order chi connectivity index (χ1) is 11.3. The average Bonchev–Trinajstić information content (AvgIpc) is 3.31. The normalized spacial score (nSPS) is 18.8. The van der Waals surface area contributed by atoms with E-state index in [-0.39, 0.29) is 5.91 Å². The fourth-order valence-corrected chi connectivity index (χ4v) is 4.10. The van der Waals surface area contributed by atoms with Gasteiger partial charge >= 0.3 is 0 Å². The number of rotatable bonds is 4. The Morgan fingerprint density at radius 3 is 2.43 bits per heavy atom. The van der Waals surface area contributed by atoms with Crippen LogP contribution in [0, 0.1) is 0 Å². The smallest absolute Gasteiger partial charge is 0.273 e. The fourth-order valence-electron chi connectivity index (χ4n) is 3.36. The molecule has 0 N–H and O–H groups in total. The van der Waals surface area contributed by atoms with Gasteiger partial charge in [0.15, 0.2) is 10.8 Å². The molecule has 1 amide bonds. The molecule has 2 heterocycles. The van der Waals surface area contributed by atoms with Gasteiger partial charge in [-0.3, -0.25) is 4.79 Å². The van der Waals surface area contributed by atoms with E-state index in [1.54, 1.807) is 18.5 Å². The first kappa shape index (κ1) is 14.8. The lowest BCUT2D eigenvalue weighted by Crippen LogP contribution is -2.43. The number of carbonyl (C=O) groups is 1. The van der Waals surface area contributed by atoms with Crippen LogP contribution in [0.5, 0.6) is 0 Å². The molecule has 0 spiro atoms. The quantitative estimate of drug-likeness (QED) is 0.861. The molecule has 0 radical (unpaired) electrons. The minimum atomic E-state index is 0.0952. The molecule has 0 unspecified atom stereocenters. The molecule has 0 atom stereocenters. The van der Waals surface area contributed by atoms with Gasteiger partial charge < -0.3 is 4.90 Å². The van der Waals surface area contributed by atoms with Crippen LogP contribution < -0.4 is 0 Å². The predicted molar refractivity (Wildman–Crippen MR) is 89.2 cm³/mol. The SMILES string of the molecule is O=C(c1csc(-c2ncccn2)n1)N(C1CCCCC1)C1CC1. The van der Waals surface area contributed by atoms with Gasteiger partial charge in [0, 0.05) is 29.9 Å². The first-order valence-electron chi connectivity index (χ1n) is 8.38. The van der Waals surface area contributed by atoms with Crippen molar-refractivity contribution < 1.29 is 4.79 Å². The maximum atomic E-state index is 13.0. The molecular formula is C17H20N4OS. The molecule has 4 rings (SSSR count). The summed E-state index contributed by atoms with van der Waals surface area (Å²) in [5.74, 6) is 0.685. The van der Waals surface area contributed by atoms with E-state index in [1.165, 1.54) is 30.6 Å². The molecule has 0 aromatic carbocycles. The van der Waals surface area contributed by atoms with Crippen LogP contribution in [0.2, 0.25) is 0 Å². The van der Waals surface area contributed by atoms with Crippen molar-refractivity contribution in [1.29, 1.82) is 0 Å². The van der Waals surface area contributed by atoms with Crippen molar-refractivity contribution in [2.45, 2.75) is 57.0 Å². The molecule has 2 aliphatic carbocycles. The molecule has 2 aliphatic rings. The van der Waals surface area contributed by atoms with Gasteiger partial charge in [0.05, 0.1) is 0 Å². The summed E-state index contributed by atoms with van der Waals surface area (Å²) in [4.78, 5) is 28.1. The van der Waals surface area contributed by atoms with Gasteiger partial charge in [-0.1, -0.05) is 19.3 Å². The van der Waals surface area contributed by atoms with E-state index in [2.05, 4.69) is 19.9 Å². The molecule has 2 saturated carbocycles. The van der Waals surface area contributed by atoms with Gasteiger partial charge in [-0.05, 0) is 31.7 Å². The van der Waals surface area contributed by atoms with Crippen molar-refractivity contribution in [3.8, 4) is 10.8 Å². The molecule has 2 aromatic rings. The zero-order valence-electron chi connectivity index (χ0n) is 13.0. The Morgan fingerprint density at radius 1 is 1.04 bits per heavy atom. The van der Waals surface area contributed by atoms with E-state index in [0.717, 1.165) is 25.7 Å². The third-order valence-corrected chi connectivity index (χ3v) is 5.46. The molecule has 0 saturated heterocycles. The van der Waals surface area contributed by atoms with Crippen LogP contribution in [0.25, 0.3) is 10.8 Å². The maximum absolute atomic E-state index is 13.0. The fraction of sp³-hybridized carbons (Fsp3) is 0.529. The van der Waals surface area contributed by atoms with Crippen LogP contribution in [0.4, 0.5) is 0 Å². The second kappa shape index (κ2) is 6.35.